The van der Waals surface area contributed by atoms with Crippen LogP contribution in [-0.2, 0) is 6.54 Å². The van der Waals surface area contributed by atoms with Gasteiger partial charge in [0.15, 0.2) is 0 Å². The van der Waals surface area contributed by atoms with Crippen LogP contribution in [0.25, 0.3) is 9.88 Å². The van der Waals surface area contributed by atoms with Crippen LogP contribution in [-0.4, -0.2) is 11.0 Å². The zero-order valence-corrected chi connectivity index (χ0v) is 14.3. The van der Waals surface area contributed by atoms with E-state index >= 15 is 0 Å². The zero-order valence-electron chi connectivity index (χ0n) is 12.7. The van der Waals surface area contributed by atoms with Crippen molar-refractivity contribution in [2.75, 3.05) is 0 Å². The van der Waals surface area contributed by atoms with Gasteiger partial charge in [-0.1, -0.05) is 36.4 Å². The number of nitrogens with one attached hydrogen (secondary N) is 2. The van der Waals surface area contributed by atoms with Crippen molar-refractivity contribution in [3.8, 4) is 9.88 Å². The van der Waals surface area contributed by atoms with E-state index in [0.29, 0.717) is 6.54 Å². The Morgan fingerprint density at radius 2 is 2.00 bits per heavy atom. The predicted octanol–water partition coefficient (Wildman–Crippen LogP) is 4.43. The second kappa shape index (κ2) is 7.39. The SMILES string of the molecule is CC(NC(=O)NCc1ccccc1)c1csc(-c2cccs2)n1. The highest BCUT2D eigenvalue weighted by Gasteiger charge is 2.14. The van der Waals surface area contributed by atoms with Crippen LogP contribution < -0.4 is 10.6 Å². The summed E-state index contributed by atoms with van der Waals surface area (Å²) in [7, 11) is 0. The molecular formula is C17H17N3OS2. The number of rotatable bonds is 5. The Kier molecular flexibility index (Phi) is 5.05. The van der Waals surface area contributed by atoms with Gasteiger partial charge < -0.3 is 10.6 Å². The third kappa shape index (κ3) is 4.18. The number of urea groups is 1. The van der Waals surface area contributed by atoms with Crippen molar-refractivity contribution in [1.29, 1.82) is 0 Å². The molecule has 1 unspecified atom stereocenters. The first kappa shape index (κ1) is 15.7. The molecule has 0 saturated carbocycles. The molecule has 4 nitrogen and oxygen atoms in total. The van der Waals surface area contributed by atoms with Crippen molar-refractivity contribution in [3.05, 3.63) is 64.5 Å². The van der Waals surface area contributed by atoms with Crippen LogP contribution in [0.2, 0.25) is 0 Å². The molecule has 1 atom stereocenters. The van der Waals surface area contributed by atoms with Crippen LogP contribution in [0.1, 0.15) is 24.2 Å². The van der Waals surface area contributed by atoms with Crippen molar-refractivity contribution in [3.63, 3.8) is 0 Å². The first-order valence-corrected chi connectivity index (χ1v) is 9.06. The maximum atomic E-state index is 12.0. The normalized spacial score (nSPS) is 11.9. The van der Waals surface area contributed by atoms with Crippen molar-refractivity contribution < 1.29 is 4.79 Å². The van der Waals surface area contributed by atoms with Crippen LogP contribution in [0.15, 0.2) is 53.2 Å². The molecule has 2 aromatic heterocycles. The van der Waals surface area contributed by atoms with Crippen molar-refractivity contribution >= 4 is 28.7 Å². The van der Waals surface area contributed by atoms with Gasteiger partial charge in [-0.15, -0.1) is 22.7 Å². The summed E-state index contributed by atoms with van der Waals surface area (Å²) < 4.78 is 0. The number of aromatic nitrogens is 1. The van der Waals surface area contributed by atoms with Crippen molar-refractivity contribution in [2.24, 2.45) is 0 Å². The third-order valence-electron chi connectivity index (χ3n) is 3.34. The fourth-order valence-electron chi connectivity index (χ4n) is 2.10. The number of carbonyl (C=O) groups excluding carboxylic acids is 1. The van der Waals surface area contributed by atoms with Gasteiger partial charge in [-0.2, -0.15) is 0 Å². The molecule has 6 heteroatoms. The fourth-order valence-corrected chi connectivity index (χ4v) is 3.83. The van der Waals surface area contributed by atoms with Gasteiger partial charge in [-0.3, -0.25) is 0 Å². The lowest BCUT2D eigenvalue weighted by molar-refractivity contribution is 0.237. The quantitative estimate of drug-likeness (QED) is 0.720. The monoisotopic (exact) mass is 343 g/mol. The summed E-state index contributed by atoms with van der Waals surface area (Å²) in [6.45, 7) is 2.45. The molecule has 3 aromatic rings. The maximum absolute atomic E-state index is 12.0. The minimum Gasteiger partial charge on any atom is -0.334 e. The van der Waals surface area contributed by atoms with Gasteiger partial charge in [0, 0.05) is 11.9 Å². The maximum Gasteiger partial charge on any atom is 0.315 e. The first-order valence-electron chi connectivity index (χ1n) is 7.30. The summed E-state index contributed by atoms with van der Waals surface area (Å²) in [5, 5.41) is 10.8. The van der Waals surface area contributed by atoms with Crippen LogP contribution in [0.3, 0.4) is 0 Å². The van der Waals surface area contributed by atoms with Gasteiger partial charge in [-0.25, -0.2) is 9.78 Å². The van der Waals surface area contributed by atoms with Gasteiger partial charge in [0.1, 0.15) is 5.01 Å². The second-order valence-corrected chi connectivity index (χ2v) is 6.89. The number of benzene rings is 1. The van der Waals surface area contributed by atoms with Crippen LogP contribution in [0.4, 0.5) is 4.79 Å². The number of amides is 2. The summed E-state index contributed by atoms with van der Waals surface area (Å²) in [4.78, 5) is 17.8. The van der Waals surface area contributed by atoms with Crippen LogP contribution >= 0.6 is 22.7 Å². The number of nitrogens with zero attached hydrogens (tertiary/aromatic N) is 1. The third-order valence-corrected chi connectivity index (χ3v) is 5.24. The molecular weight excluding hydrogens is 326 g/mol. The van der Waals surface area contributed by atoms with Crippen molar-refractivity contribution in [1.82, 2.24) is 15.6 Å². The molecule has 1 aromatic carbocycles. The smallest absolute Gasteiger partial charge is 0.315 e. The van der Waals surface area contributed by atoms with E-state index in [4.69, 9.17) is 0 Å². The minimum absolute atomic E-state index is 0.129. The number of thiazole rings is 1. The van der Waals surface area contributed by atoms with Gasteiger partial charge in [0.25, 0.3) is 0 Å². The highest BCUT2D eigenvalue weighted by Crippen LogP contribution is 2.29. The Labute approximate surface area is 143 Å². The highest BCUT2D eigenvalue weighted by atomic mass is 32.1. The Balaban J connectivity index is 1.54. The second-order valence-electron chi connectivity index (χ2n) is 5.09. The first-order chi connectivity index (χ1) is 11.2. The van der Waals surface area contributed by atoms with Gasteiger partial charge in [0.2, 0.25) is 0 Å². The molecule has 0 spiro atoms. The number of thiophene rings is 1. The number of hydrogen-bond acceptors (Lipinski definition) is 4. The van der Waals surface area contributed by atoms with Crippen LogP contribution in [0.5, 0.6) is 0 Å². The molecule has 0 bridgehead atoms. The highest BCUT2D eigenvalue weighted by molar-refractivity contribution is 7.20. The van der Waals surface area contributed by atoms with E-state index in [1.54, 1.807) is 22.7 Å². The van der Waals surface area contributed by atoms with E-state index in [-0.39, 0.29) is 12.1 Å². The van der Waals surface area contributed by atoms with Crippen LogP contribution in [0, 0.1) is 0 Å². The van der Waals surface area contributed by atoms with Gasteiger partial charge in [-0.05, 0) is 23.9 Å². The summed E-state index contributed by atoms with van der Waals surface area (Å²) in [6.07, 6.45) is 0. The molecule has 2 N–H and O–H groups in total. The Bertz CT molecular complexity index is 753. The molecule has 3 rings (SSSR count). The van der Waals surface area contributed by atoms with E-state index in [9.17, 15) is 4.79 Å². The standard InChI is InChI=1S/C17H17N3OS2/c1-12(14-11-23-16(20-14)15-8-5-9-22-15)19-17(21)18-10-13-6-3-2-4-7-13/h2-9,11-12H,10H2,1H3,(H2,18,19,21). The molecule has 0 radical (unpaired) electrons. The summed E-state index contributed by atoms with van der Waals surface area (Å²) in [6, 6.07) is 13.6. The predicted molar refractivity (Wildman–Crippen MR) is 95.7 cm³/mol. The lowest BCUT2D eigenvalue weighted by Crippen LogP contribution is -2.36. The van der Waals surface area contributed by atoms with Gasteiger partial charge in [0.05, 0.1) is 16.6 Å². The van der Waals surface area contributed by atoms with E-state index < -0.39 is 0 Å². The molecule has 0 fully saturated rings. The molecule has 0 aliphatic carbocycles. The fraction of sp³-hybridized carbons (Fsp3) is 0.176. The summed E-state index contributed by atoms with van der Waals surface area (Å²) >= 11 is 3.27. The molecule has 23 heavy (non-hydrogen) atoms. The number of hydrogen-bond donors (Lipinski definition) is 2. The Hall–Kier alpha value is -2.18. The minimum atomic E-state index is -0.188. The Morgan fingerprint density at radius 1 is 1.17 bits per heavy atom. The number of carbonyl (C=O) groups is 1. The summed E-state index contributed by atoms with van der Waals surface area (Å²) in [5.41, 5.74) is 1.96. The largest absolute Gasteiger partial charge is 0.334 e. The average Bonchev–Trinajstić information content (AvgIpc) is 3.24. The van der Waals surface area contributed by atoms with Crippen molar-refractivity contribution in [2.45, 2.75) is 19.5 Å². The lowest BCUT2D eigenvalue weighted by Gasteiger charge is -2.12. The average molecular weight is 343 g/mol. The molecule has 2 heterocycles. The molecule has 2 amide bonds. The zero-order chi connectivity index (χ0) is 16.1. The topological polar surface area (TPSA) is 54.0 Å². The van der Waals surface area contributed by atoms with E-state index in [0.717, 1.165) is 21.1 Å². The Morgan fingerprint density at radius 3 is 2.74 bits per heavy atom. The lowest BCUT2D eigenvalue weighted by atomic mass is 10.2. The van der Waals surface area contributed by atoms with E-state index in [1.807, 2.05) is 54.1 Å². The molecule has 0 saturated heterocycles. The van der Waals surface area contributed by atoms with Gasteiger partial charge >= 0.3 is 6.03 Å². The van der Waals surface area contributed by atoms with E-state index in [2.05, 4.69) is 21.7 Å². The molecule has 0 aliphatic heterocycles. The molecule has 0 aliphatic rings. The van der Waals surface area contributed by atoms with E-state index in [1.165, 1.54) is 0 Å². The summed E-state index contributed by atoms with van der Waals surface area (Å²) in [5.74, 6) is 0. The molecule has 118 valence electrons.